The minimum absolute atomic E-state index is 0.236. The van der Waals surface area contributed by atoms with Crippen LogP contribution in [0.5, 0.6) is 0 Å². The number of hydrogen-bond donors (Lipinski definition) is 3. The molecule has 1 amide bonds. The van der Waals surface area contributed by atoms with E-state index in [-0.39, 0.29) is 5.82 Å². The number of H-pyrrole nitrogens is 1. The highest BCUT2D eigenvalue weighted by atomic mass is 79.9. The van der Waals surface area contributed by atoms with E-state index < -0.39 is 6.09 Å². The van der Waals surface area contributed by atoms with Gasteiger partial charge in [-0.05, 0) is 17.7 Å². The standard InChI is InChI=1S/C10H9BrN4O2/c11-7-3-1-6(2-4-7)5-8-9(12-10(16)17)14-15-13-8/h1-4H,5H2,(H,16,17)(H2,12,13,14,15). The number of nitrogens with one attached hydrogen (secondary N) is 2. The fraction of sp³-hybridized carbons (Fsp3) is 0.100. The smallest absolute Gasteiger partial charge is 0.410 e. The first-order valence-corrected chi connectivity index (χ1v) is 5.58. The summed E-state index contributed by atoms with van der Waals surface area (Å²) in [5.41, 5.74) is 1.59. The number of carbonyl (C=O) groups is 1. The van der Waals surface area contributed by atoms with E-state index >= 15 is 0 Å². The van der Waals surface area contributed by atoms with Crippen LogP contribution in [-0.4, -0.2) is 26.6 Å². The van der Waals surface area contributed by atoms with Crippen LogP contribution in [0, 0.1) is 0 Å². The summed E-state index contributed by atoms with van der Waals surface area (Å²) in [6.07, 6.45) is -0.643. The average molecular weight is 297 g/mol. The van der Waals surface area contributed by atoms with Gasteiger partial charge in [-0.25, -0.2) is 4.79 Å². The molecule has 0 radical (unpaired) electrons. The van der Waals surface area contributed by atoms with Crippen molar-refractivity contribution in [2.75, 3.05) is 5.32 Å². The van der Waals surface area contributed by atoms with Crippen LogP contribution < -0.4 is 5.32 Å². The highest BCUT2D eigenvalue weighted by molar-refractivity contribution is 9.10. The molecule has 17 heavy (non-hydrogen) atoms. The first-order valence-electron chi connectivity index (χ1n) is 4.79. The molecule has 1 aromatic heterocycles. The number of carboxylic acid groups (broad SMARTS) is 1. The number of aromatic nitrogens is 3. The SMILES string of the molecule is O=C(O)Nc1n[nH]nc1Cc1ccc(Br)cc1. The summed E-state index contributed by atoms with van der Waals surface area (Å²) in [4.78, 5) is 10.5. The van der Waals surface area contributed by atoms with Crippen molar-refractivity contribution in [3.05, 3.63) is 40.0 Å². The molecule has 0 atom stereocenters. The number of hydrogen-bond acceptors (Lipinski definition) is 3. The second-order valence-electron chi connectivity index (χ2n) is 3.35. The van der Waals surface area contributed by atoms with Crippen molar-refractivity contribution < 1.29 is 9.90 Å². The summed E-state index contributed by atoms with van der Waals surface area (Å²) in [5, 5.41) is 20.8. The van der Waals surface area contributed by atoms with Gasteiger partial charge in [0.25, 0.3) is 0 Å². The molecule has 6 nitrogen and oxygen atoms in total. The zero-order valence-electron chi connectivity index (χ0n) is 8.64. The maximum atomic E-state index is 10.5. The molecular formula is C10H9BrN4O2. The molecule has 3 N–H and O–H groups in total. The van der Waals surface area contributed by atoms with Crippen molar-refractivity contribution >= 4 is 27.8 Å². The third kappa shape index (κ3) is 3.04. The Bertz CT molecular complexity index is 523. The van der Waals surface area contributed by atoms with Crippen LogP contribution in [0.25, 0.3) is 0 Å². The number of rotatable bonds is 3. The number of benzene rings is 1. The predicted octanol–water partition coefficient (Wildman–Crippen LogP) is 2.25. The topological polar surface area (TPSA) is 90.9 Å². The minimum Gasteiger partial charge on any atom is -0.465 e. The lowest BCUT2D eigenvalue weighted by atomic mass is 10.1. The molecule has 1 aromatic carbocycles. The molecule has 0 aliphatic heterocycles. The van der Waals surface area contributed by atoms with E-state index in [0.717, 1.165) is 10.0 Å². The molecule has 0 aliphatic carbocycles. The Morgan fingerprint density at radius 1 is 1.35 bits per heavy atom. The van der Waals surface area contributed by atoms with Gasteiger partial charge in [-0.15, -0.1) is 5.10 Å². The van der Waals surface area contributed by atoms with Gasteiger partial charge in [0.15, 0.2) is 5.82 Å². The molecule has 0 unspecified atom stereocenters. The van der Waals surface area contributed by atoms with Crippen LogP contribution in [0.4, 0.5) is 10.6 Å². The lowest BCUT2D eigenvalue weighted by molar-refractivity contribution is 0.209. The normalized spacial score (nSPS) is 10.2. The molecule has 0 saturated carbocycles. The number of aromatic amines is 1. The summed E-state index contributed by atoms with van der Waals surface area (Å²) in [7, 11) is 0. The summed E-state index contributed by atoms with van der Waals surface area (Å²) < 4.78 is 0.991. The average Bonchev–Trinajstić information content (AvgIpc) is 2.68. The zero-order chi connectivity index (χ0) is 12.3. The van der Waals surface area contributed by atoms with Crippen LogP contribution >= 0.6 is 15.9 Å². The van der Waals surface area contributed by atoms with Crippen LogP contribution in [0.1, 0.15) is 11.3 Å². The zero-order valence-corrected chi connectivity index (χ0v) is 10.2. The molecule has 0 fully saturated rings. The highest BCUT2D eigenvalue weighted by Crippen LogP contribution is 2.16. The lowest BCUT2D eigenvalue weighted by Gasteiger charge is -2.01. The first kappa shape index (κ1) is 11.6. The van der Waals surface area contributed by atoms with Gasteiger partial charge in [0.05, 0.1) is 0 Å². The third-order valence-corrected chi connectivity index (χ3v) is 2.66. The maximum Gasteiger partial charge on any atom is 0.410 e. The van der Waals surface area contributed by atoms with Crippen LogP contribution in [0.15, 0.2) is 28.7 Å². The quantitative estimate of drug-likeness (QED) is 0.810. The Balaban J connectivity index is 2.15. The summed E-state index contributed by atoms with van der Waals surface area (Å²) in [6, 6.07) is 7.70. The van der Waals surface area contributed by atoms with Gasteiger partial charge in [0.1, 0.15) is 5.69 Å². The predicted molar refractivity (Wildman–Crippen MR) is 65.0 cm³/mol. The van der Waals surface area contributed by atoms with Gasteiger partial charge in [-0.3, -0.25) is 5.32 Å². The summed E-state index contributed by atoms with van der Waals surface area (Å²) in [5.74, 6) is 0.236. The Morgan fingerprint density at radius 2 is 2.06 bits per heavy atom. The van der Waals surface area contributed by atoms with E-state index in [1.165, 1.54) is 0 Å². The number of nitrogens with zero attached hydrogens (tertiary/aromatic N) is 2. The van der Waals surface area contributed by atoms with Crippen LogP contribution in [-0.2, 0) is 6.42 Å². The lowest BCUT2D eigenvalue weighted by Crippen LogP contribution is -2.09. The van der Waals surface area contributed by atoms with Gasteiger partial charge in [0.2, 0.25) is 0 Å². The van der Waals surface area contributed by atoms with Crippen LogP contribution in [0.3, 0.4) is 0 Å². The minimum atomic E-state index is -1.16. The molecule has 2 aromatic rings. The molecule has 0 spiro atoms. The monoisotopic (exact) mass is 296 g/mol. The van der Waals surface area contributed by atoms with E-state index in [4.69, 9.17) is 5.11 Å². The van der Waals surface area contributed by atoms with E-state index in [1.54, 1.807) is 0 Å². The molecule has 2 rings (SSSR count). The number of halogens is 1. The molecule has 88 valence electrons. The second-order valence-corrected chi connectivity index (χ2v) is 4.27. The van der Waals surface area contributed by atoms with E-state index in [1.807, 2.05) is 24.3 Å². The van der Waals surface area contributed by atoms with Gasteiger partial charge in [0, 0.05) is 10.9 Å². The second kappa shape index (κ2) is 4.96. The van der Waals surface area contributed by atoms with Gasteiger partial charge >= 0.3 is 6.09 Å². The van der Waals surface area contributed by atoms with Gasteiger partial charge in [-0.1, -0.05) is 28.1 Å². The van der Waals surface area contributed by atoms with E-state index in [2.05, 4.69) is 36.7 Å². The van der Waals surface area contributed by atoms with Crippen molar-refractivity contribution in [3.63, 3.8) is 0 Å². The molecule has 7 heteroatoms. The van der Waals surface area contributed by atoms with Crippen molar-refractivity contribution in [2.24, 2.45) is 0 Å². The Labute approximate surface area is 105 Å². The number of amides is 1. The van der Waals surface area contributed by atoms with Gasteiger partial charge in [-0.2, -0.15) is 10.3 Å². The molecule has 0 saturated heterocycles. The molecule has 1 heterocycles. The largest absolute Gasteiger partial charge is 0.465 e. The van der Waals surface area contributed by atoms with E-state index in [9.17, 15) is 4.79 Å². The molecule has 0 bridgehead atoms. The highest BCUT2D eigenvalue weighted by Gasteiger charge is 2.10. The molecule has 0 aliphatic rings. The fourth-order valence-electron chi connectivity index (χ4n) is 1.37. The van der Waals surface area contributed by atoms with Crippen molar-refractivity contribution in [1.82, 2.24) is 15.4 Å². The fourth-order valence-corrected chi connectivity index (χ4v) is 1.64. The van der Waals surface area contributed by atoms with E-state index in [0.29, 0.717) is 12.1 Å². The van der Waals surface area contributed by atoms with Gasteiger partial charge < -0.3 is 5.11 Å². The van der Waals surface area contributed by atoms with Crippen molar-refractivity contribution in [2.45, 2.75) is 6.42 Å². The Hall–Kier alpha value is -1.89. The molecular weight excluding hydrogens is 288 g/mol. The van der Waals surface area contributed by atoms with Crippen LogP contribution in [0.2, 0.25) is 0 Å². The first-order chi connectivity index (χ1) is 8.15. The number of anilines is 1. The Morgan fingerprint density at radius 3 is 2.71 bits per heavy atom. The Kier molecular flexibility index (Phi) is 3.38. The summed E-state index contributed by atoms with van der Waals surface area (Å²) >= 11 is 3.35. The maximum absolute atomic E-state index is 10.5. The third-order valence-electron chi connectivity index (χ3n) is 2.13. The summed E-state index contributed by atoms with van der Waals surface area (Å²) in [6.45, 7) is 0. The van der Waals surface area contributed by atoms with Crippen molar-refractivity contribution in [3.8, 4) is 0 Å². The van der Waals surface area contributed by atoms with Crippen molar-refractivity contribution in [1.29, 1.82) is 0 Å².